The van der Waals surface area contributed by atoms with E-state index < -0.39 is 68.8 Å². The van der Waals surface area contributed by atoms with Crippen LogP contribution in [0.3, 0.4) is 0 Å². The van der Waals surface area contributed by atoms with Gasteiger partial charge in [0.05, 0.1) is 18.3 Å². The Morgan fingerprint density at radius 1 is 1.02 bits per heavy atom. The largest absolute Gasteiger partial charge is 0.456 e. The van der Waals surface area contributed by atoms with Crippen LogP contribution in [0, 0.1) is 39.4 Å². The summed E-state index contributed by atoms with van der Waals surface area (Å²) in [6.07, 6.45) is 3.10. The Bertz CT molecular complexity index is 1160. The first-order valence-corrected chi connectivity index (χ1v) is 14.5. The molecular weight excluding hydrogens is 512 g/mol. The summed E-state index contributed by atoms with van der Waals surface area (Å²) >= 11 is 0. The summed E-state index contributed by atoms with van der Waals surface area (Å²) in [6, 6.07) is 0. The molecule has 0 bridgehead atoms. The average molecular weight is 561 g/mol. The number of rotatable bonds is 5. The Morgan fingerprint density at radius 2 is 1.62 bits per heavy atom. The molecule has 8 nitrogen and oxygen atoms in total. The minimum Gasteiger partial charge on any atom is -0.456 e. The highest BCUT2D eigenvalue weighted by Crippen LogP contribution is 2.74. The maximum atomic E-state index is 14.3. The van der Waals surface area contributed by atoms with E-state index in [2.05, 4.69) is 13.0 Å². The fraction of sp³-hybridized carbons (Fsp3) is 0.781. The third-order valence-electron chi connectivity index (χ3n) is 11.8. The normalized spacial score (nSPS) is 44.2. The van der Waals surface area contributed by atoms with Gasteiger partial charge in [0.15, 0.2) is 5.78 Å². The lowest BCUT2D eigenvalue weighted by Gasteiger charge is -2.65. The van der Waals surface area contributed by atoms with Gasteiger partial charge in [-0.25, -0.2) is 0 Å². The van der Waals surface area contributed by atoms with Crippen molar-refractivity contribution in [2.24, 2.45) is 39.4 Å². The fourth-order valence-electron chi connectivity index (χ4n) is 9.55. The summed E-state index contributed by atoms with van der Waals surface area (Å²) in [5, 5.41) is 44.9. The van der Waals surface area contributed by atoms with Gasteiger partial charge >= 0.3 is 5.97 Å². The Kier molecular flexibility index (Phi) is 7.24. The number of allylic oxidation sites excluding steroid dienone is 1. The van der Waals surface area contributed by atoms with E-state index in [1.54, 1.807) is 13.8 Å². The number of hydrogen-bond donors (Lipinski definition) is 4. The molecule has 3 saturated carbocycles. The number of carbonyl (C=O) groups is 3. The standard InChI is InChI=1S/C32H48O8/c1-17(33)40-27(2,3)13-12-23(36)32(9,39)25-21(35)15-29(6)22-11-10-18-19(14-20(34)26(38)28(18,4)5)31(22,8)24(37)16-30(25,29)7/h10,12-13,19-22,25-26,34-35,38-39H,11,14-16H2,1-9H3/b13-12+/t19-,20-,21+,22-,25+,26-,29+,30+,31-,32-/m0/s1. The molecule has 0 aromatic carbocycles. The number of esters is 1. The van der Waals surface area contributed by atoms with E-state index in [-0.39, 0.29) is 30.5 Å². The number of ether oxygens (including phenoxy) is 1. The van der Waals surface area contributed by atoms with Crippen molar-refractivity contribution < 1.29 is 39.5 Å². The maximum Gasteiger partial charge on any atom is 0.303 e. The quantitative estimate of drug-likeness (QED) is 0.228. The van der Waals surface area contributed by atoms with E-state index in [1.165, 1.54) is 26.0 Å². The van der Waals surface area contributed by atoms with Crippen molar-refractivity contribution in [1.82, 2.24) is 0 Å². The second kappa shape index (κ2) is 9.32. The van der Waals surface area contributed by atoms with Gasteiger partial charge in [-0.3, -0.25) is 14.4 Å². The average Bonchev–Trinajstić information content (AvgIpc) is 3.01. The topological polar surface area (TPSA) is 141 Å². The van der Waals surface area contributed by atoms with Gasteiger partial charge in [0, 0.05) is 30.1 Å². The van der Waals surface area contributed by atoms with Crippen LogP contribution in [0.5, 0.6) is 0 Å². The smallest absolute Gasteiger partial charge is 0.303 e. The number of carbonyl (C=O) groups excluding carboxylic acids is 3. The molecular formula is C32H48O8. The summed E-state index contributed by atoms with van der Waals surface area (Å²) in [5.41, 5.74) is -5.04. The highest BCUT2D eigenvalue weighted by molar-refractivity contribution is 5.97. The fourth-order valence-corrected chi connectivity index (χ4v) is 9.55. The van der Waals surface area contributed by atoms with Crippen molar-refractivity contribution in [3.05, 3.63) is 23.8 Å². The number of Topliss-reactive ketones (excluding diaryl/α,β-unsaturated/α-hetero) is 1. The van der Waals surface area contributed by atoms with E-state index in [0.717, 1.165) is 5.57 Å². The highest BCUT2D eigenvalue weighted by atomic mass is 16.6. The van der Waals surface area contributed by atoms with Crippen LogP contribution in [0.2, 0.25) is 0 Å². The van der Waals surface area contributed by atoms with E-state index in [9.17, 15) is 34.8 Å². The Labute approximate surface area is 237 Å². The molecule has 224 valence electrons. The Morgan fingerprint density at radius 3 is 2.20 bits per heavy atom. The van der Waals surface area contributed by atoms with Crippen LogP contribution >= 0.6 is 0 Å². The zero-order valence-electron chi connectivity index (χ0n) is 25.4. The number of aliphatic hydroxyl groups excluding tert-OH is 3. The number of hydrogen-bond acceptors (Lipinski definition) is 8. The van der Waals surface area contributed by atoms with Gasteiger partial charge in [0.1, 0.15) is 17.0 Å². The lowest BCUT2D eigenvalue weighted by atomic mass is 9.38. The molecule has 0 saturated heterocycles. The molecule has 0 radical (unpaired) electrons. The molecule has 0 aromatic heterocycles. The van der Waals surface area contributed by atoms with Crippen LogP contribution in [0.1, 0.15) is 88.0 Å². The van der Waals surface area contributed by atoms with Crippen molar-refractivity contribution in [3.8, 4) is 0 Å². The van der Waals surface area contributed by atoms with E-state index in [4.69, 9.17) is 4.74 Å². The van der Waals surface area contributed by atoms with Gasteiger partial charge in [-0.1, -0.05) is 46.3 Å². The molecule has 4 aliphatic rings. The minimum atomic E-state index is -1.98. The molecule has 0 aliphatic heterocycles. The molecule has 0 spiro atoms. The van der Waals surface area contributed by atoms with Crippen LogP contribution < -0.4 is 0 Å². The molecule has 0 unspecified atom stereocenters. The van der Waals surface area contributed by atoms with E-state index in [0.29, 0.717) is 12.8 Å². The monoisotopic (exact) mass is 560 g/mol. The molecule has 10 atom stereocenters. The summed E-state index contributed by atoms with van der Waals surface area (Å²) in [4.78, 5) is 39.2. The molecule has 0 aromatic rings. The number of ketones is 2. The molecule has 8 heteroatoms. The minimum absolute atomic E-state index is 0.00125. The first-order chi connectivity index (χ1) is 18.1. The lowest BCUT2D eigenvalue weighted by Crippen LogP contribution is -2.65. The molecule has 3 fully saturated rings. The second-order valence-corrected chi connectivity index (χ2v) is 15.0. The van der Waals surface area contributed by atoms with E-state index in [1.807, 2.05) is 27.7 Å². The number of aliphatic hydroxyl groups is 4. The molecule has 4 aliphatic carbocycles. The van der Waals surface area contributed by atoms with Gasteiger partial charge in [-0.15, -0.1) is 0 Å². The first kappa shape index (κ1) is 31.1. The van der Waals surface area contributed by atoms with Crippen LogP contribution in [0.25, 0.3) is 0 Å². The molecule has 0 amide bonds. The van der Waals surface area contributed by atoms with Crippen LogP contribution in [-0.2, 0) is 19.1 Å². The number of fused-ring (bicyclic) bond motifs is 5. The molecule has 0 heterocycles. The highest BCUT2D eigenvalue weighted by Gasteiger charge is 2.74. The third kappa shape index (κ3) is 4.19. The molecule has 4 rings (SSSR count). The summed E-state index contributed by atoms with van der Waals surface area (Å²) in [6.45, 7) is 15.7. The van der Waals surface area contributed by atoms with Crippen molar-refractivity contribution in [1.29, 1.82) is 0 Å². The SMILES string of the molecule is CC(=O)OC(C)(C)/C=C/C(=O)[C@](C)(O)[C@@H]1[C@H](O)C[C@]2(C)[C@@H]3CC=C4[C@H](C[C@H](O)[C@H](O)C4(C)C)[C@]3(C)C(=O)C[C@]12C. The summed E-state index contributed by atoms with van der Waals surface area (Å²) in [5.74, 6) is -2.48. The zero-order valence-corrected chi connectivity index (χ0v) is 25.4. The van der Waals surface area contributed by atoms with Crippen molar-refractivity contribution in [2.75, 3.05) is 0 Å². The van der Waals surface area contributed by atoms with Crippen molar-refractivity contribution in [3.63, 3.8) is 0 Å². The second-order valence-electron chi connectivity index (χ2n) is 15.0. The van der Waals surface area contributed by atoms with Crippen LogP contribution in [0.15, 0.2) is 23.8 Å². The lowest BCUT2D eigenvalue weighted by molar-refractivity contribution is -0.186. The molecule has 4 N–H and O–H groups in total. The first-order valence-electron chi connectivity index (χ1n) is 14.5. The van der Waals surface area contributed by atoms with Crippen LogP contribution in [0.4, 0.5) is 0 Å². The van der Waals surface area contributed by atoms with Crippen LogP contribution in [-0.4, -0.2) is 67.5 Å². The van der Waals surface area contributed by atoms with Crippen molar-refractivity contribution >= 4 is 17.5 Å². The van der Waals surface area contributed by atoms with Gasteiger partial charge in [-0.05, 0) is 74.9 Å². The summed E-state index contributed by atoms with van der Waals surface area (Å²) < 4.78 is 5.23. The van der Waals surface area contributed by atoms with Crippen molar-refractivity contribution in [2.45, 2.75) is 118 Å². The summed E-state index contributed by atoms with van der Waals surface area (Å²) in [7, 11) is 0. The van der Waals surface area contributed by atoms with E-state index >= 15 is 0 Å². The van der Waals surface area contributed by atoms with Gasteiger partial charge in [0.25, 0.3) is 0 Å². The molecule has 40 heavy (non-hydrogen) atoms. The Balaban J connectivity index is 1.74. The Hall–Kier alpha value is -1.87. The third-order valence-corrected chi connectivity index (χ3v) is 11.8. The zero-order chi connectivity index (χ0) is 30.4. The van der Waals surface area contributed by atoms with Gasteiger partial charge in [-0.2, -0.15) is 0 Å². The predicted octanol–water partition coefficient (Wildman–Crippen LogP) is 3.29. The predicted molar refractivity (Wildman–Crippen MR) is 149 cm³/mol. The van der Waals surface area contributed by atoms with Gasteiger partial charge in [0.2, 0.25) is 0 Å². The van der Waals surface area contributed by atoms with Gasteiger partial charge < -0.3 is 25.2 Å². The maximum absolute atomic E-state index is 14.3.